The second kappa shape index (κ2) is 7.46. The summed E-state index contributed by atoms with van der Waals surface area (Å²) >= 11 is 0. The molecule has 1 aromatic heterocycles. The van der Waals surface area contributed by atoms with Crippen LogP contribution in [0.1, 0.15) is 35.3 Å². The van der Waals surface area contributed by atoms with Crippen molar-refractivity contribution in [3.63, 3.8) is 0 Å². The summed E-state index contributed by atoms with van der Waals surface area (Å²) in [5.74, 6) is 1.21. The zero-order valence-electron chi connectivity index (χ0n) is 15.8. The number of aryl methyl sites for hydroxylation is 1. The lowest BCUT2D eigenvalue weighted by molar-refractivity contribution is -0.123. The first-order chi connectivity index (χ1) is 13.6. The smallest absolute Gasteiger partial charge is 0.224 e. The average Bonchev–Trinajstić information content (AvgIpc) is 3.41. The molecule has 2 aromatic carbocycles. The Balaban J connectivity index is 1.55. The van der Waals surface area contributed by atoms with Crippen LogP contribution >= 0.6 is 0 Å². The fraction of sp³-hybridized carbons (Fsp3) is 0.273. The molecule has 0 aliphatic heterocycles. The summed E-state index contributed by atoms with van der Waals surface area (Å²) in [5, 5.41) is 3.15. The molecule has 1 fully saturated rings. The van der Waals surface area contributed by atoms with Crippen LogP contribution in [0.2, 0.25) is 0 Å². The Morgan fingerprint density at radius 2 is 2.07 bits per heavy atom. The van der Waals surface area contributed by atoms with Crippen LogP contribution in [0.3, 0.4) is 0 Å². The molecule has 0 spiro atoms. The van der Waals surface area contributed by atoms with Crippen LogP contribution in [-0.2, 0) is 11.8 Å². The highest BCUT2D eigenvalue weighted by Gasteiger charge is 2.44. The van der Waals surface area contributed by atoms with Crippen LogP contribution in [0.15, 0.2) is 60.9 Å². The quantitative estimate of drug-likeness (QED) is 0.712. The second-order valence-corrected chi connectivity index (χ2v) is 7.11. The van der Waals surface area contributed by atoms with Crippen LogP contribution in [0.4, 0.5) is 4.39 Å². The monoisotopic (exact) mass is 379 g/mol. The van der Waals surface area contributed by atoms with Gasteiger partial charge in [0.25, 0.3) is 0 Å². The highest BCUT2D eigenvalue weighted by molar-refractivity contribution is 5.83. The maximum Gasteiger partial charge on any atom is 0.224 e. The van der Waals surface area contributed by atoms with E-state index >= 15 is 0 Å². The number of imidazole rings is 1. The number of nitrogens with zero attached hydrogens (tertiary/aromatic N) is 2. The van der Waals surface area contributed by atoms with Gasteiger partial charge in [0, 0.05) is 25.4 Å². The topological polar surface area (TPSA) is 56.1 Å². The molecule has 1 aliphatic rings. The van der Waals surface area contributed by atoms with Gasteiger partial charge in [0.15, 0.2) is 0 Å². The molecule has 1 amide bonds. The molecule has 4 rings (SSSR count). The summed E-state index contributed by atoms with van der Waals surface area (Å²) in [6, 6.07) is 13.6. The fourth-order valence-corrected chi connectivity index (χ4v) is 3.59. The van der Waals surface area contributed by atoms with Crippen LogP contribution in [-0.4, -0.2) is 22.6 Å². The molecule has 5 nitrogen and oxygen atoms in total. The van der Waals surface area contributed by atoms with Crippen LogP contribution in [0.25, 0.3) is 0 Å². The van der Waals surface area contributed by atoms with E-state index in [0.717, 1.165) is 29.1 Å². The normalized spacial score (nSPS) is 19.1. The van der Waals surface area contributed by atoms with Crippen molar-refractivity contribution in [1.82, 2.24) is 14.9 Å². The number of hydrogen-bond donors (Lipinski definition) is 1. The molecule has 0 radical (unpaired) electrons. The first-order valence-corrected chi connectivity index (χ1v) is 9.24. The van der Waals surface area contributed by atoms with Gasteiger partial charge in [-0.05, 0) is 47.7 Å². The molecule has 3 unspecified atom stereocenters. The molecule has 0 saturated heterocycles. The maximum atomic E-state index is 13.1. The van der Waals surface area contributed by atoms with E-state index in [1.807, 2.05) is 42.1 Å². The van der Waals surface area contributed by atoms with E-state index < -0.39 is 0 Å². The summed E-state index contributed by atoms with van der Waals surface area (Å²) in [6.45, 7) is 0. The third kappa shape index (κ3) is 3.63. The minimum atomic E-state index is -0.378. The Hall–Kier alpha value is -3.15. The molecule has 28 heavy (non-hydrogen) atoms. The number of hydrogen-bond acceptors (Lipinski definition) is 3. The number of benzene rings is 2. The van der Waals surface area contributed by atoms with Gasteiger partial charge in [-0.1, -0.05) is 24.3 Å². The summed E-state index contributed by atoms with van der Waals surface area (Å²) in [7, 11) is 3.52. The Morgan fingerprint density at radius 3 is 2.75 bits per heavy atom. The highest BCUT2D eigenvalue weighted by Crippen LogP contribution is 2.48. The van der Waals surface area contributed by atoms with Crippen LogP contribution < -0.4 is 10.1 Å². The average molecular weight is 379 g/mol. The third-order valence-corrected chi connectivity index (χ3v) is 5.26. The van der Waals surface area contributed by atoms with Gasteiger partial charge >= 0.3 is 0 Å². The Bertz CT molecular complexity index is 983. The maximum absolute atomic E-state index is 13.1. The first kappa shape index (κ1) is 18.2. The second-order valence-electron chi connectivity index (χ2n) is 7.11. The van der Waals surface area contributed by atoms with Crippen molar-refractivity contribution in [2.45, 2.75) is 18.4 Å². The van der Waals surface area contributed by atoms with E-state index in [9.17, 15) is 9.18 Å². The molecule has 1 aliphatic carbocycles. The first-order valence-electron chi connectivity index (χ1n) is 9.24. The van der Waals surface area contributed by atoms with E-state index in [4.69, 9.17) is 4.74 Å². The lowest BCUT2D eigenvalue weighted by Crippen LogP contribution is -2.32. The zero-order valence-corrected chi connectivity index (χ0v) is 15.8. The van der Waals surface area contributed by atoms with Crippen molar-refractivity contribution in [2.75, 3.05) is 7.11 Å². The van der Waals surface area contributed by atoms with Crippen molar-refractivity contribution in [2.24, 2.45) is 13.0 Å². The van der Waals surface area contributed by atoms with Gasteiger partial charge in [-0.3, -0.25) is 4.79 Å². The van der Waals surface area contributed by atoms with E-state index in [-0.39, 0.29) is 29.6 Å². The van der Waals surface area contributed by atoms with Crippen molar-refractivity contribution in [3.8, 4) is 5.75 Å². The summed E-state index contributed by atoms with van der Waals surface area (Å²) in [6.07, 6.45) is 4.34. The standard InChI is InChI=1S/C22H22FN3O2/c1-26-11-10-24-21(26)20(15-4-3-5-17(12-15)28-2)25-22(27)19-13-18(19)14-6-8-16(23)9-7-14/h3-12,18-20H,13H2,1-2H3,(H,25,27). The van der Waals surface area contributed by atoms with E-state index in [1.54, 1.807) is 25.4 Å². The van der Waals surface area contributed by atoms with Gasteiger partial charge in [-0.2, -0.15) is 0 Å². The Morgan fingerprint density at radius 1 is 1.29 bits per heavy atom. The number of rotatable bonds is 6. The molecule has 3 aromatic rings. The minimum absolute atomic E-state index is 0.0230. The largest absolute Gasteiger partial charge is 0.497 e. The molecule has 1 heterocycles. The SMILES string of the molecule is COc1cccc(C(NC(=O)C2CC2c2ccc(F)cc2)c2nccn2C)c1. The predicted octanol–water partition coefficient (Wildman–Crippen LogP) is 3.58. The van der Waals surface area contributed by atoms with Crippen LogP contribution in [0.5, 0.6) is 5.75 Å². The molecule has 144 valence electrons. The number of amides is 1. The number of carbonyl (C=O) groups excluding carboxylic acids is 1. The number of carbonyl (C=O) groups is 1. The van der Waals surface area contributed by atoms with Gasteiger partial charge in [-0.15, -0.1) is 0 Å². The van der Waals surface area contributed by atoms with Crippen molar-refractivity contribution >= 4 is 5.91 Å². The van der Waals surface area contributed by atoms with Gasteiger partial charge in [0.1, 0.15) is 23.4 Å². The molecular formula is C22H22FN3O2. The molecule has 0 bridgehead atoms. The van der Waals surface area contributed by atoms with E-state index in [0.29, 0.717) is 0 Å². The molecule has 1 N–H and O–H groups in total. The van der Waals surface area contributed by atoms with E-state index in [2.05, 4.69) is 10.3 Å². The van der Waals surface area contributed by atoms with Gasteiger partial charge in [0.2, 0.25) is 5.91 Å². The number of ether oxygens (including phenoxy) is 1. The number of nitrogens with one attached hydrogen (secondary N) is 1. The fourth-order valence-electron chi connectivity index (χ4n) is 3.59. The number of methoxy groups -OCH3 is 1. The van der Waals surface area contributed by atoms with Crippen molar-refractivity contribution in [1.29, 1.82) is 0 Å². The summed E-state index contributed by atoms with van der Waals surface area (Å²) in [5.41, 5.74) is 1.90. The molecule has 1 saturated carbocycles. The lowest BCUT2D eigenvalue weighted by Gasteiger charge is -2.20. The summed E-state index contributed by atoms with van der Waals surface area (Å²) in [4.78, 5) is 17.4. The lowest BCUT2D eigenvalue weighted by atomic mass is 10.0. The Kier molecular flexibility index (Phi) is 4.86. The number of aromatic nitrogens is 2. The number of halogens is 1. The third-order valence-electron chi connectivity index (χ3n) is 5.26. The molecular weight excluding hydrogens is 357 g/mol. The Labute approximate surface area is 163 Å². The summed E-state index contributed by atoms with van der Waals surface area (Å²) < 4.78 is 20.4. The van der Waals surface area contributed by atoms with E-state index in [1.165, 1.54) is 12.1 Å². The zero-order chi connectivity index (χ0) is 19.7. The van der Waals surface area contributed by atoms with Gasteiger partial charge in [0.05, 0.1) is 7.11 Å². The predicted molar refractivity (Wildman–Crippen MR) is 103 cm³/mol. The van der Waals surface area contributed by atoms with Crippen molar-refractivity contribution in [3.05, 3.63) is 83.7 Å². The molecule has 6 heteroatoms. The van der Waals surface area contributed by atoms with Gasteiger partial charge < -0.3 is 14.6 Å². The minimum Gasteiger partial charge on any atom is -0.497 e. The van der Waals surface area contributed by atoms with Crippen molar-refractivity contribution < 1.29 is 13.9 Å². The highest BCUT2D eigenvalue weighted by atomic mass is 19.1. The van der Waals surface area contributed by atoms with Gasteiger partial charge in [-0.25, -0.2) is 9.37 Å². The van der Waals surface area contributed by atoms with Crippen LogP contribution in [0, 0.1) is 11.7 Å². The molecule has 3 atom stereocenters.